The minimum Gasteiger partial charge on any atom is -0.354 e. The highest BCUT2D eigenvalue weighted by atomic mass is 32.2. The van der Waals surface area contributed by atoms with Crippen LogP contribution in [-0.4, -0.2) is 33.2 Å². The van der Waals surface area contributed by atoms with Crippen LogP contribution >= 0.6 is 0 Å². The summed E-state index contributed by atoms with van der Waals surface area (Å²) in [7, 11) is -3.38. The molecule has 0 fully saturated rings. The first kappa shape index (κ1) is 18.5. The third-order valence-corrected chi connectivity index (χ3v) is 4.43. The first-order valence-electron chi connectivity index (χ1n) is 7.45. The van der Waals surface area contributed by atoms with Gasteiger partial charge in [-0.1, -0.05) is 12.1 Å². The number of carbonyl (C=O) groups excluding carboxylic acids is 1. The summed E-state index contributed by atoms with van der Waals surface area (Å²) in [6.45, 7) is 7.92. The average Bonchev–Trinajstić information content (AvgIpc) is 2.35. The number of aryl methyl sites for hydroxylation is 2. The molecule has 0 saturated carbocycles. The van der Waals surface area contributed by atoms with Gasteiger partial charge >= 0.3 is 0 Å². The van der Waals surface area contributed by atoms with E-state index in [1.165, 1.54) is 10.6 Å². The Labute approximate surface area is 133 Å². The molecule has 0 aromatic heterocycles. The zero-order chi connectivity index (χ0) is 16.9. The highest BCUT2D eigenvalue weighted by Gasteiger charge is 2.19. The van der Waals surface area contributed by atoms with E-state index in [0.29, 0.717) is 25.1 Å². The van der Waals surface area contributed by atoms with E-state index < -0.39 is 10.0 Å². The maximum Gasteiger partial charge on any atom is 0.232 e. The molecule has 1 aromatic rings. The molecule has 0 aliphatic carbocycles. The molecule has 0 bridgehead atoms. The summed E-state index contributed by atoms with van der Waals surface area (Å²) < 4.78 is 25.5. The van der Waals surface area contributed by atoms with Crippen LogP contribution in [0.4, 0.5) is 5.69 Å². The van der Waals surface area contributed by atoms with Gasteiger partial charge in [-0.15, -0.1) is 0 Å². The van der Waals surface area contributed by atoms with Crippen LogP contribution in [0.15, 0.2) is 18.2 Å². The molecule has 1 N–H and O–H groups in total. The summed E-state index contributed by atoms with van der Waals surface area (Å²) >= 11 is 0. The minimum atomic E-state index is -3.38. The first-order chi connectivity index (χ1) is 10.1. The zero-order valence-corrected chi connectivity index (χ0v) is 14.8. The number of amides is 1. The molecule has 0 heterocycles. The van der Waals surface area contributed by atoms with E-state index in [0.717, 1.165) is 11.1 Å². The first-order valence-corrected chi connectivity index (χ1v) is 9.30. The number of nitrogens with zero attached hydrogens (tertiary/aromatic N) is 1. The molecule has 0 unspecified atom stereocenters. The highest BCUT2D eigenvalue weighted by Crippen LogP contribution is 2.24. The van der Waals surface area contributed by atoms with Crippen molar-refractivity contribution in [3.63, 3.8) is 0 Å². The lowest BCUT2D eigenvalue weighted by atomic mass is 10.1. The minimum absolute atomic E-state index is 0.0515. The van der Waals surface area contributed by atoms with Crippen LogP contribution in [0.2, 0.25) is 0 Å². The smallest absolute Gasteiger partial charge is 0.232 e. The van der Waals surface area contributed by atoms with E-state index in [1.54, 1.807) is 0 Å². The second-order valence-corrected chi connectivity index (χ2v) is 7.86. The van der Waals surface area contributed by atoms with Crippen molar-refractivity contribution in [1.29, 1.82) is 0 Å². The predicted molar refractivity (Wildman–Crippen MR) is 90.6 cm³/mol. The van der Waals surface area contributed by atoms with E-state index in [2.05, 4.69) is 5.32 Å². The maximum absolute atomic E-state index is 12.1. The SMILES string of the molecule is Cc1ccc(C)c(N(CCCC(=O)NC(C)C)S(C)(=O)=O)c1. The largest absolute Gasteiger partial charge is 0.354 e. The quantitative estimate of drug-likeness (QED) is 0.836. The molecule has 0 atom stereocenters. The van der Waals surface area contributed by atoms with Gasteiger partial charge in [-0.25, -0.2) is 8.42 Å². The van der Waals surface area contributed by atoms with Crippen molar-refractivity contribution in [1.82, 2.24) is 5.32 Å². The number of hydrogen-bond acceptors (Lipinski definition) is 3. The Balaban J connectivity index is 2.84. The van der Waals surface area contributed by atoms with E-state index in [4.69, 9.17) is 0 Å². The number of rotatable bonds is 7. The Bertz CT molecular complexity index is 624. The van der Waals surface area contributed by atoms with Gasteiger partial charge in [0.05, 0.1) is 11.9 Å². The summed E-state index contributed by atoms with van der Waals surface area (Å²) in [6, 6.07) is 5.83. The van der Waals surface area contributed by atoms with Crippen molar-refractivity contribution in [2.24, 2.45) is 0 Å². The number of nitrogens with one attached hydrogen (secondary N) is 1. The van der Waals surface area contributed by atoms with E-state index in [-0.39, 0.29) is 11.9 Å². The average molecular weight is 326 g/mol. The summed E-state index contributed by atoms with van der Waals surface area (Å²) in [4.78, 5) is 11.7. The van der Waals surface area contributed by atoms with Crippen LogP contribution in [0.5, 0.6) is 0 Å². The van der Waals surface area contributed by atoms with Crippen LogP contribution < -0.4 is 9.62 Å². The van der Waals surface area contributed by atoms with Crippen LogP contribution in [-0.2, 0) is 14.8 Å². The number of sulfonamides is 1. The fraction of sp³-hybridized carbons (Fsp3) is 0.562. The van der Waals surface area contributed by atoms with Crippen LogP contribution in [0.3, 0.4) is 0 Å². The van der Waals surface area contributed by atoms with E-state index in [9.17, 15) is 13.2 Å². The van der Waals surface area contributed by atoms with Crippen LogP contribution in [0.1, 0.15) is 37.8 Å². The van der Waals surface area contributed by atoms with Crippen molar-refractivity contribution in [2.45, 2.75) is 46.6 Å². The van der Waals surface area contributed by atoms with Crippen molar-refractivity contribution < 1.29 is 13.2 Å². The van der Waals surface area contributed by atoms with E-state index >= 15 is 0 Å². The molecule has 6 heteroatoms. The van der Waals surface area contributed by atoms with Crippen molar-refractivity contribution in [3.05, 3.63) is 29.3 Å². The van der Waals surface area contributed by atoms with Gasteiger partial charge in [0.1, 0.15) is 0 Å². The lowest BCUT2D eigenvalue weighted by molar-refractivity contribution is -0.121. The monoisotopic (exact) mass is 326 g/mol. The molecule has 1 aromatic carbocycles. The van der Waals surface area contributed by atoms with Gasteiger partial charge in [-0.05, 0) is 51.3 Å². The van der Waals surface area contributed by atoms with Crippen LogP contribution in [0, 0.1) is 13.8 Å². The van der Waals surface area contributed by atoms with Crippen molar-refractivity contribution >= 4 is 21.6 Å². The van der Waals surface area contributed by atoms with Crippen LogP contribution in [0.25, 0.3) is 0 Å². The van der Waals surface area contributed by atoms with Gasteiger partial charge in [0.25, 0.3) is 0 Å². The molecular formula is C16H26N2O3S. The fourth-order valence-corrected chi connectivity index (χ4v) is 3.25. The predicted octanol–water partition coefficient (Wildman–Crippen LogP) is 2.37. The molecule has 124 valence electrons. The lowest BCUT2D eigenvalue weighted by Gasteiger charge is -2.24. The van der Waals surface area contributed by atoms with Crippen molar-refractivity contribution in [3.8, 4) is 0 Å². The maximum atomic E-state index is 12.1. The fourth-order valence-electron chi connectivity index (χ4n) is 2.23. The molecule has 0 saturated heterocycles. The number of hydrogen-bond donors (Lipinski definition) is 1. The Morgan fingerprint density at radius 1 is 1.27 bits per heavy atom. The summed E-state index contributed by atoms with van der Waals surface area (Å²) in [6.07, 6.45) is 2.00. The summed E-state index contributed by atoms with van der Waals surface area (Å²) in [5.41, 5.74) is 2.60. The van der Waals surface area contributed by atoms with E-state index in [1.807, 2.05) is 45.9 Å². The molecule has 5 nitrogen and oxygen atoms in total. The van der Waals surface area contributed by atoms with Gasteiger partial charge < -0.3 is 5.32 Å². The summed E-state index contributed by atoms with van der Waals surface area (Å²) in [5.74, 6) is -0.0515. The van der Waals surface area contributed by atoms with Gasteiger partial charge in [0, 0.05) is 19.0 Å². The topological polar surface area (TPSA) is 66.5 Å². The molecular weight excluding hydrogens is 300 g/mol. The Morgan fingerprint density at radius 3 is 2.45 bits per heavy atom. The molecule has 1 rings (SSSR count). The zero-order valence-electron chi connectivity index (χ0n) is 14.0. The molecule has 0 aliphatic rings. The number of carbonyl (C=O) groups is 1. The van der Waals surface area contributed by atoms with Gasteiger partial charge in [-0.2, -0.15) is 0 Å². The normalized spacial score (nSPS) is 11.5. The van der Waals surface area contributed by atoms with Crippen molar-refractivity contribution in [2.75, 3.05) is 17.1 Å². The summed E-state index contributed by atoms with van der Waals surface area (Å²) in [5, 5.41) is 2.81. The standard InChI is InChI=1S/C16H26N2O3S/c1-12(2)17-16(19)7-6-10-18(22(5,20)21)15-11-13(3)8-9-14(15)4/h8-9,11-12H,6-7,10H2,1-5H3,(H,17,19). The second kappa shape index (κ2) is 7.63. The molecule has 0 spiro atoms. The Hall–Kier alpha value is -1.56. The molecule has 1 amide bonds. The van der Waals surface area contributed by atoms with Gasteiger partial charge in [0.15, 0.2) is 0 Å². The highest BCUT2D eigenvalue weighted by molar-refractivity contribution is 7.92. The molecule has 22 heavy (non-hydrogen) atoms. The Morgan fingerprint density at radius 2 is 1.91 bits per heavy atom. The number of benzene rings is 1. The second-order valence-electron chi connectivity index (χ2n) is 5.95. The third-order valence-electron chi connectivity index (χ3n) is 3.25. The molecule has 0 radical (unpaired) electrons. The molecule has 0 aliphatic heterocycles. The van der Waals surface area contributed by atoms with Gasteiger partial charge in [-0.3, -0.25) is 9.10 Å². The Kier molecular flexibility index (Phi) is 6.41. The third kappa shape index (κ3) is 5.67. The van der Waals surface area contributed by atoms with Gasteiger partial charge in [0.2, 0.25) is 15.9 Å². The lowest BCUT2D eigenvalue weighted by Crippen LogP contribution is -2.34. The number of anilines is 1.